The molecule has 5 rings (SSSR count). The number of nitrogens with zero attached hydrogens (tertiary/aromatic N) is 3. The van der Waals surface area contributed by atoms with Crippen molar-refractivity contribution in [3.05, 3.63) is 129 Å². The van der Waals surface area contributed by atoms with E-state index in [1.54, 1.807) is 36.1 Å². The van der Waals surface area contributed by atoms with Crippen molar-refractivity contribution in [3.8, 4) is 11.4 Å². The Balaban J connectivity index is 1.39. The molecular formula is C35H33Cl2N3O3. The standard InChI is InChI=1S/C35H33Cl2N3O3/c1-43-29-16-14-27(15-17-29)40-34(39-33-11-3-2-10-30(33)35(40)42)19-13-24(7-6-9-26-8-4-5-20-38-26)21-28(41)22-25-12-18-31(36)32(37)23-25/h2-5,8,10-12,14-18,20,23-24H,6-7,9,13,19,21-22H2,1H3. The lowest BCUT2D eigenvalue weighted by atomic mass is 9.89. The molecule has 0 saturated heterocycles. The van der Waals surface area contributed by atoms with Crippen molar-refractivity contribution in [2.24, 2.45) is 5.92 Å². The fraction of sp³-hybridized carbons (Fsp3) is 0.257. The monoisotopic (exact) mass is 613 g/mol. The summed E-state index contributed by atoms with van der Waals surface area (Å²) in [5.41, 5.74) is 3.15. The minimum atomic E-state index is -0.117. The third-order valence-electron chi connectivity index (χ3n) is 7.63. The number of benzene rings is 3. The lowest BCUT2D eigenvalue weighted by molar-refractivity contribution is -0.119. The van der Waals surface area contributed by atoms with Crippen LogP contribution >= 0.6 is 23.2 Å². The molecule has 0 saturated carbocycles. The van der Waals surface area contributed by atoms with Gasteiger partial charge in [0, 0.05) is 31.2 Å². The average Bonchev–Trinajstić information content (AvgIpc) is 3.02. The molecule has 8 heteroatoms. The minimum absolute atomic E-state index is 0.103. The first-order valence-corrected chi connectivity index (χ1v) is 15.2. The SMILES string of the molecule is COc1ccc(-n2c(CCC(CCCc3ccccn3)CC(=O)Cc3ccc(Cl)c(Cl)c3)nc3ccccc3c2=O)cc1. The molecule has 2 heterocycles. The number of halogens is 2. The molecule has 43 heavy (non-hydrogen) atoms. The molecule has 0 radical (unpaired) electrons. The molecule has 0 fully saturated rings. The van der Waals surface area contributed by atoms with Crippen molar-refractivity contribution >= 4 is 39.9 Å². The molecule has 0 amide bonds. The van der Waals surface area contributed by atoms with Crippen molar-refractivity contribution < 1.29 is 9.53 Å². The molecule has 220 valence electrons. The van der Waals surface area contributed by atoms with E-state index < -0.39 is 0 Å². The molecule has 0 N–H and O–H groups in total. The Labute approximate surface area is 261 Å². The average molecular weight is 615 g/mol. The number of carbonyl (C=O) groups is 1. The lowest BCUT2D eigenvalue weighted by Gasteiger charge is -2.19. The normalized spacial score (nSPS) is 11.9. The molecule has 6 nitrogen and oxygen atoms in total. The Bertz CT molecular complexity index is 1760. The first-order valence-electron chi connectivity index (χ1n) is 14.4. The first-order chi connectivity index (χ1) is 20.9. The van der Waals surface area contributed by atoms with Crippen LogP contribution in [-0.2, 0) is 24.1 Å². The number of pyridine rings is 1. The van der Waals surface area contributed by atoms with E-state index in [2.05, 4.69) is 4.98 Å². The number of aromatic nitrogens is 3. The number of ether oxygens (including phenoxy) is 1. The summed E-state index contributed by atoms with van der Waals surface area (Å²) < 4.78 is 7.01. The van der Waals surface area contributed by atoms with E-state index in [1.807, 2.05) is 66.7 Å². The number of carbonyl (C=O) groups excluding carboxylic acids is 1. The fourth-order valence-electron chi connectivity index (χ4n) is 5.41. The van der Waals surface area contributed by atoms with E-state index in [4.69, 9.17) is 32.9 Å². The third kappa shape index (κ3) is 7.89. The van der Waals surface area contributed by atoms with Crippen molar-refractivity contribution in [3.63, 3.8) is 0 Å². The highest BCUT2D eigenvalue weighted by Crippen LogP contribution is 2.26. The molecule has 1 atom stereocenters. The van der Waals surface area contributed by atoms with E-state index >= 15 is 0 Å². The Morgan fingerprint density at radius 2 is 1.70 bits per heavy atom. The van der Waals surface area contributed by atoms with Crippen LogP contribution in [0.3, 0.4) is 0 Å². The molecule has 0 spiro atoms. The molecule has 3 aromatic carbocycles. The van der Waals surface area contributed by atoms with Gasteiger partial charge < -0.3 is 4.74 Å². The molecule has 0 aliphatic carbocycles. The maximum absolute atomic E-state index is 13.7. The van der Waals surface area contributed by atoms with E-state index in [-0.39, 0.29) is 17.3 Å². The van der Waals surface area contributed by atoms with Gasteiger partial charge in [-0.25, -0.2) is 4.98 Å². The summed E-state index contributed by atoms with van der Waals surface area (Å²) in [6.45, 7) is 0. The predicted octanol–water partition coefficient (Wildman–Crippen LogP) is 7.87. The number of ketones is 1. The first kappa shape index (κ1) is 30.5. The summed E-state index contributed by atoms with van der Waals surface area (Å²) in [7, 11) is 1.61. The summed E-state index contributed by atoms with van der Waals surface area (Å²) in [6, 6.07) is 26.1. The van der Waals surface area contributed by atoms with Crippen LogP contribution in [-0.4, -0.2) is 27.4 Å². The van der Waals surface area contributed by atoms with Gasteiger partial charge in [0.15, 0.2) is 0 Å². The van der Waals surface area contributed by atoms with Gasteiger partial charge in [0.1, 0.15) is 17.4 Å². The molecule has 0 bridgehead atoms. The van der Waals surface area contributed by atoms with Crippen molar-refractivity contribution in [2.45, 2.75) is 44.9 Å². The second-order valence-corrected chi connectivity index (χ2v) is 11.5. The van der Waals surface area contributed by atoms with Crippen LogP contribution in [0.25, 0.3) is 16.6 Å². The minimum Gasteiger partial charge on any atom is -0.497 e. The highest BCUT2D eigenvalue weighted by molar-refractivity contribution is 6.42. The zero-order valence-corrected chi connectivity index (χ0v) is 25.5. The van der Waals surface area contributed by atoms with E-state index in [9.17, 15) is 9.59 Å². The van der Waals surface area contributed by atoms with Gasteiger partial charge in [0.2, 0.25) is 0 Å². The maximum Gasteiger partial charge on any atom is 0.265 e. The van der Waals surface area contributed by atoms with Crippen LogP contribution < -0.4 is 10.3 Å². The summed E-state index contributed by atoms with van der Waals surface area (Å²) in [5.74, 6) is 1.62. The van der Waals surface area contributed by atoms with Gasteiger partial charge in [-0.15, -0.1) is 0 Å². The summed E-state index contributed by atoms with van der Waals surface area (Å²) >= 11 is 12.3. The van der Waals surface area contributed by atoms with Crippen molar-refractivity contribution in [1.82, 2.24) is 14.5 Å². The molecule has 0 aliphatic rings. The summed E-state index contributed by atoms with van der Waals surface area (Å²) in [6.07, 6.45) is 6.35. The van der Waals surface area contributed by atoms with Gasteiger partial charge in [-0.3, -0.25) is 19.1 Å². The number of methoxy groups -OCH3 is 1. The molecule has 2 aromatic heterocycles. The number of rotatable bonds is 13. The highest BCUT2D eigenvalue weighted by atomic mass is 35.5. The largest absolute Gasteiger partial charge is 0.497 e. The number of para-hydroxylation sites is 1. The highest BCUT2D eigenvalue weighted by Gasteiger charge is 2.19. The topological polar surface area (TPSA) is 74.1 Å². The Kier molecular flexibility index (Phi) is 10.2. The number of hydrogen-bond acceptors (Lipinski definition) is 5. The van der Waals surface area contributed by atoms with Crippen molar-refractivity contribution in [2.75, 3.05) is 7.11 Å². The van der Waals surface area contributed by atoms with Crippen LogP contribution in [0.5, 0.6) is 5.75 Å². The zero-order valence-electron chi connectivity index (χ0n) is 24.0. The zero-order chi connectivity index (χ0) is 30.2. The van der Waals surface area contributed by atoms with Gasteiger partial charge in [-0.1, -0.05) is 47.5 Å². The van der Waals surface area contributed by atoms with Gasteiger partial charge in [-0.2, -0.15) is 0 Å². The van der Waals surface area contributed by atoms with Crippen LogP contribution in [0.1, 0.15) is 42.8 Å². The number of aryl methyl sites for hydroxylation is 2. The summed E-state index contributed by atoms with van der Waals surface area (Å²) in [4.78, 5) is 36.4. The smallest absolute Gasteiger partial charge is 0.265 e. The van der Waals surface area contributed by atoms with Crippen LogP contribution in [0, 0.1) is 5.92 Å². The van der Waals surface area contributed by atoms with Gasteiger partial charge in [-0.05, 0) is 97.8 Å². The van der Waals surface area contributed by atoms with Crippen LogP contribution in [0.4, 0.5) is 0 Å². The molecule has 0 aliphatic heterocycles. The van der Waals surface area contributed by atoms with Crippen LogP contribution in [0.15, 0.2) is 95.9 Å². The Morgan fingerprint density at radius 3 is 2.44 bits per heavy atom. The second kappa shape index (κ2) is 14.5. The second-order valence-electron chi connectivity index (χ2n) is 10.7. The van der Waals surface area contributed by atoms with E-state index in [0.29, 0.717) is 58.2 Å². The lowest BCUT2D eigenvalue weighted by Crippen LogP contribution is -2.24. The van der Waals surface area contributed by atoms with Crippen molar-refractivity contribution in [1.29, 1.82) is 0 Å². The third-order valence-corrected chi connectivity index (χ3v) is 8.36. The number of fused-ring (bicyclic) bond motifs is 1. The fourth-order valence-corrected chi connectivity index (χ4v) is 5.74. The summed E-state index contributed by atoms with van der Waals surface area (Å²) in [5, 5.41) is 1.47. The number of Topliss-reactive ketones (excluding diaryl/α,β-unsaturated/α-hetero) is 1. The van der Waals surface area contributed by atoms with Gasteiger partial charge in [0.05, 0.1) is 33.7 Å². The number of hydrogen-bond donors (Lipinski definition) is 0. The maximum atomic E-state index is 13.7. The quantitative estimate of drug-likeness (QED) is 0.135. The predicted molar refractivity (Wildman–Crippen MR) is 173 cm³/mol. The van der Waals surface area contributed by atoms with Gasteiger partial charge >= 0.3 is 0 Å². The molecule has 5 aromatic rings. The van der Waals surface area contributed by atoms with Gasteiger partial charge in [0.25, 0.3) is 5.56 Å². The molecule has 1 unspecified atom stereocenters. The van der Waals surface area contributed by atoms with E-state index in [0.717, 1.165) is 36.2 Å². The Hall–Kier alpha value is -4.00. The Morgan fingerprint density at radius 1 is 0.907 bits per heavy atom. The van der Waals surface area contributed by atoms with Crippen LogP contribution in [0.2, 0.25) is 10.0 Å². The molecular weight excluding hydrogens is 581 g/mol. The van der Waals surface area contributed by atoms with E-state index in [1.165, 1.54) is 0 Å².